The fourth-order valence-corrected chi connectivity index (χ4v) is 3.20. The molecule has 140 valence electrons. The van der Waals surface area contributed by atoms with Gasteiger partial charge in [0.05, 0.1) is 26.7 Å². The van der Waals surface area contributed by atoms with Gasteiger partial charge in [-0.15, -0.1) is 0 Å². The molecule has 0 N–H and O–H groups in total. The molecule has 26 heavy (non-hydrogen) atoms. The summed E-state index contributed by atoms with van der Waals surface area (Å²) < 4.78 is 15.5. The molecule has 3 rings (SSSR count). The van der Waals surface area contributed by atoms with Crippen molar-refractivity contribution in [2.75, 3.05) is 47.0 Å². The van der Waals surface area contributed by atoms with Crippen molar-refractivity contribution in [3.63, 3.8) is 0 Å². The van der Waals surface area contributed by atoms with E-state index in [1.54, 1.807) is 7.11 Å². The first-order valence-electron chi connectivity index (χ1n) is 8.45. The molecule has 0 bridgehead atoms. The van der Waals surface area contributed by atoms with E-state index >= 15 is 0 Å². The highest BCUT2D eigenvalue weighted by Gasteiger charge is 2.34. The van der Waals surface area contributed by atoms with Crippen LogP contribution in [0, 0.1) is 5.92 Å². The van der Waals surface area contributed by atoms with Crippen molar-refractivity contribution in [2.45, 2.75) is 6.42 Å². The molecule has 0 aliphatic carbocycles. The summed E-state index contributed by atoms with van der Waals surface area (Å²) in [5.74, 6) is 0.304. The van der Waals surface area contributed by atoms with Crippen molar-refractivity contribution >= 4 is 17.8 Å². The lowest BCUT2D eigenvalue weighted by molar-refractivity contribution is -0.153. The van der Waals surface area contributed by atoms with Crippen molar-refractivity contribution in [3.8, 4) is 11.5 Å². The Morgan fingerprint density at radius 2 is 2.08 bits per heavy atom. The molecular formula is C18H22N2O6. The molecule has 0 saturated carbocycles. The fraction of sp³-hybridized carbons (Fsp3) is 0.500. The first-order chi connectivity index (χ1) is 12.5. The Morgan fingerprint density at radius 3 is 2.77 bits per heavy atom. The highest BCUT2D eigenvalue weighted by atomic mass is 16.5. The summed E-state index contributed by atoms with van der Waals surface area (Å²) >= 11 is 0. The van der Waals surface area contributed by atoms with Crippen LogP contribution in [-0.4, -0.2) is 74.6 Å². The molecule has 1 aromatic carbocycles. The van der Waals surface area contributed by atoms with E-state index in [1.807, 2.05) is 18.2 Å². The number of carbonyl (C=O) groups is 3. The monoisotopic (exact) mass is 362 g/mol. The number of hydrogen-bond acceptors (Lipinski definition) is 6. The summed E-state index contributed by atoms with van der Waals surface area (Å²) in [5, 5.41) is 0. The van der Waals surface area contributed by atoms with Crippen LogP contribution in [0.4, 0.5) is 0 Å². The third-order valence-electron chi connectivity index (χ3n) is 4.70. The number of piperazine rings is 1. The second kappa shape index (κ2) is 7.63. The van der Waals surface area contributed by atoms with E-state index in [1.165, 1.54) is 16.9 Å². The highest BCUT2D eigenvalue weighted by molar-refractivity contribution is 5.89. The first kappa shape index (κ1) is 18.0. The molecule has 1 saturated heterocycles. The van der Waals surface area contributed by atoms with Crippen molar-refractivity contribution in [2.24, 2.45) is 5.92 Å². The average Bonchev–Trinajstić information content (AvgIpc) is 2.67. The Morgan fingerprint density at radius 1 is 1.27 bits per heavy atom. The van der Waals surface area contributed by atoms with E-state index in [9.17, 15) is 14.4 Å². The number of methoxy groups -OCH3 is 2. The zero-order valence-corrected chi connectivity index (χ0v) is 14.9. The van der Waals surface area contributed by atoms with Gasteiger partial charge in [-0.2, -0.15) is 0 Å². The summed E-state index contributed by atoms with van der Waals surface area (Å²) in [4.78, 5) is 39.3. The van der Waals surface area contributed by atoms with E-state index in [-0.39, 0.29) is 37.4 Å². The molecule has 1 aromatic rings. The highest BCUT2D eigenvalue weighted by Crippen LogP contribution is 2.31. The lowest BCUT2D eigenvalue weighted by atomic mass is 9.95. The van der Waals surface area contributed by atoms with Crippen LogP contribution in [0.15, 0.2) is 18.2 Å². The first-order valence-corrected chi connectivity index (χ1v) is 8.45. The molecule has 0 spiro atoms. The second-order valence-corrected chi connectivity index (χ2v) is 6.34. The van der Waals surface area contributed by atoms with Gasteiger partial charge in [-0.3, -0.25) is 14.4 Å². The maximum absolute atomic E-state index is 12.8. The topological polar surface area (TPSA) is 85.4 Å². The van der Waals surface area contributed by atoms with Gasteiger partial charge in [-0.05, 0) is 30.2 Å². The average molecular weight is 362 g/mol. The van der Waals surface area contributed by atoms with E-state index in [0.29, 0.717) is 25.3 Å². The lowest BCUT2D eigenvalue weighted by Crippen LogP contribution is -2.55. The van der Waals surface area contributed by atoms with Crippen molar-refractivity contribution in [1.29, 1.82) is 0 Å². The predicted molar refractivity (Wildman–Crippen MR) is 90.9 cm³/mol. The van der Waals surface area contributed by atoms with Gasteiger partial charge in [-0.25, -0.2) is 0 Å². The number of rotatable bonds is 4. The summed E-state index contributed by atoms with van der Waals surface area (Å²) in [7, 11) is 2.87. The molecule has 0 aromatic heterocycles. The van der Waals surface area contributed by atoms with Crippen LogP contribution in [0.5, 0.6) is 11.5 Å². The minimum atomic E-state index is -0.468. The van der Waals surface area contributed by atoms with Gasteiger partial charge in [-0.1, -0.05) is 0 Å². The van der Waals surface area contributed by atoms with E-state index in [0.717, 1.165) is 11.3 Å². The number of carbonyl (C=O) groups excluding carboxylic acids is 3. The van der Waals surface area contributed by atoms with Gasteiger partial charge in [0, 0.05) is 13.1 Å². The molecule has 2 amide bonds. The van der Waals surface area contributed by atoms with Crippen LogP contribution in [0.25, 0.3) is 0 Å². The van der Waals surface area contributed by atoms with Crippen molar-refractivity contribution in [3.05, 3.63) is 23.8 Å². The van der Waals surface area contributed by atoms with Crippen molar-refractivity contribution in [1.82, 2.24) is 9.80 Å². The van der Waals surface area contributed by atoms with Gasteiger partial charge in [0.15, 0.2) is 0 Å². The number of nitrogens with zero attached hydrogens (tertiary/aromatic N) is 2. The van der Waals surface area contributed by atoms with Gasteiger partial charge in [0.25, 0.3) is 0 Å². The summed E-state index contributed by atoms with van der Waals surface area (Å²) in [5.41, 5.74) is 0.921. The number of hydrogen-bond donors (Lipinski definition) is 0. The van der Waals surface area contributed by atoms with Crippen LogP contribution in [0.2, 0.25) is 0 Å². The maximum Gasteiger partial charge on any atom is 0.325 e. The normalized spacial score (nSPS) is 19.5. The number of benzene rings is 1. The molecular weight excluding hydrogens is 340 g/mol. The van der Waals surface area contributed by atoms with E-state index in [2.05, 4.69) is 4.74 Å². The minimum Gasteiger partial charge on any atom is -0.497 e. The van der Waals surface area contributed by atoms with Crippen molar-refractivity contribution < 1.29 is 28.6 Å². The third-order valence-corrected chi connectivity index (χ3v) is 4.70. The molecule has 2 aliphatic rings. The summed E-state index contributed by atoms with van der Waals surface area (Å²) in [6.45, 7) is 0.879. The third kappa shape index (κ3) is 3.74. The summed E-state index contributed by atoms with van der Waals surface area (Å²) in [6.07, 6.45) is 0.544. The molecule has 0 unspecified atom stereocenters. The molecule has 1 atom stereocenters. The van der Waals surface area contributed by atoms with Crippen LogP contribution in [0.3, 0.4) is 0 Å². The fourth-order valence-electron chi connectivity index (χ4n) is 3.20. The van der Waals surface area contributed by atoms with Gasteiger partial charge in [0.2, 0.25) is 11.8 Å². The standard InChI is InChI=1S/C18H22N2O6/c1-24-14-3-4-15-12(8-14)7-13(11-26-15)18(23)20-6-5-19(16(21)9-20)10-17(22)25-2/h3-4,8,13H,5-7,9-11H2,1-2H3/t13-/m0/s1. The van der Waals surface area contributed by atoms with Gasteiger partial charge in [0.1, 0.15) is 24.7 Å². The quantitative estimate of drug-likeness (QED) is 0.706. The SMILES string of the molecule is COC(=O)CN1CCN(C(=O)[C@@H]2COc3ccc(OC)cc3C2)CC1=O. The van der Waals surface area contributed by atoms with Crippen LogP contribution < -0.4 is 9.47 Å². The Bertz CT molecular complexity index is 720. The van der Waals surface area contributed by atoms with Crippen LogP contribution >= 0.6 is 0 Å². The van der Waals surface area contributed by atoms with E-state index < -0.39 is 5.97 Å². The Kier molecular flexibility index (Phi) is 5.29. The molecule has 8 nitrogen and oxygen atoms in total. The number of ether oxygens (including phenoxy) is 3. The predicted octanol–water partition coefficient (Wildman–Crippen LogP) is 0.0901. The lowest BCUT2D eigenvalue weighted by Gasteiger charge is -2.36. The van der Waals surface area contributed by atoms with E-state index in [4.69, 9.17) is 9.47 Å². The number of esters is 1. The Balaban J connectivity index is 1.62. The smallest absolute Gasteiger partial charge is 0.325 e. The van der Waals surface area contributed by atoms with Gasteiger partial charge >= 0.3 is 5.97 Å². The second-order valence-electron chi connectivity index (χ2n) is 6.34. The van der Waals surface area contributed by atoms with Crippen LogP contribution in [0.1, 0.15) is 5.56 Å². The maximum atomic E-state index is 12.8. The summed E-state index contributed by atoms with van der Waals surface area (Å²) in [6, 6.07) is 5.53. The molecule has 2 aliphatic heterocycles. The largest absolute Gasteiger partial charge is 0.497 e. The Labute approximate surface area is 151 Å². The molecule has 0 radical (unpaired) electrons. The molecule has 1 fully saturated rings. The number of fused-ring (bicyclic) bond motifs is 1. The number of amides is 2. The van der Waals surface area contributed by atoms with Gasteiger partial charge < -0.3 is 24.0 Å². The Hall–Kier alpha value is -2.77. The van der Waals surface area contributed by atoms with Crippen LogP contribution in [-0.2, 0) is 25.5 Å². The zero-order valence-electron chi connectivity index (χ0n) is 14.9. The minimum absolute atomic E-state index is 0.0305. The molecule has 8 heteroatoms. The zero-order chi connectivity index (χ0) is 18.7. The molecule has 2 heterocycles.